The van der Waals surface area contributed by atoms with Crippen molar-refractivity contribution >= 4 is 23.6 Å². The molecule has 1 aromatic heterocycles. The summed E-state index contributed by atoms with van der Waals surface area (Å²) in [6.45, 7) is 7.21. The van der Waals surface area contributed by atoms with Crippen LogP contribution < -0.4 is 0 Å². The second kappa shape index (κ2) is 16.8. The lowest BCUT2D eigenvalue weighted by atomic mass is 10.1. The Morgan fingerprint density at radius 1 is 1.03 bits per heavy atom. The number of hydrogen-bond donors (Lipinski definition) is 0. The normalized spacial score (nSPS) is 12.4. The van der Waals surface area contributed by atoms with Crippen molar-refractivity contribution in [3.05, 3.63) is 29.6 Å². The molecule has 39 heavy (non-hydrogen) atoms. The highest BCUT2D eigenvalue weighted by atomic mass is 19.4. The number of aromatic nitrogens is 1. The zero-order valence-corrected chi connectivity index (χ0v) is 23.4. The molecule has 0 saturated carbocycles. The van der Waals surface area contributed by atoms with Crippen molar-refractivity contribution in [3.63, 3.8) is 0 Å². The lowest BCUT2D eigenvalue weighted by molar-refractivity contribution is -0.171. The number of carbonyl (C=O) groups is 4. The van der Waals surface area contributed by atoms with Gasteiger partial charge in [-0.3, -0.25) is 19.4 Å². The van der Waals surface area contributed by atoms with E-state index in [1.165, 1.54) is 18.3 Å². The van der Waals surface area contributed by atoms with Crippen LogP contribution in [0.5, 0.6) is 0 Å². The second-order valence-corrected chi connectivity index (χ2v) is 9.75. The highest BCUT2D eigenvalue weighted by Crippen LogP contribution is 2.21. The number of alkyl halides is 3. The third kappa shape index (κ3) is 14.1. The van der Waals surface area contributed by atoms with Gasteiger partial charge in [0.15, 0.2) is 0 Å². The van der Waals surface area contributed by atoms with Gasteiger partial charge in [-0.1, -0.05) is 0 Å². The van der Waals surface area contributed by atoms with Gasteiger partial charge in [0.2, 0.25) is 11.7 Å². The Bertz CT molecular complexity index is 953. The topological polar surface area (TPSA) is 106 Å². The van der Waals surface area contributed by atoms with Crippen molar-refractivity contribution in [3.8, 4) is 0 Å². The van der Waals surface area contributed by atoms with Gasteiger partial charge in [-0.25, -0.2) is 4.79 Å². The van der Waals surface area contributed by atoms with Gasteiger partial charge in [0.25, 0.3) is 0 Å². The number of Topliss-reactive ketones (excluding diaryl/α,β-unsaturated/α-hetero) is 1. The molecular formula is C27H40F3N3O6. The molecule has 1 unspecified atom stereocenters. The Balaban J connectivity index is 2.76. The number of nitrogens with zero attached hydrogens (tertiary/aromatic N) is 3. The number of hydrogen-bond acceptors (Lipinski definition) is 8. The maximum absolute atomic E-state index is 12.8. The predicted molar refractivity (Wildman–Crippen MR) is 138 cm³/mol. The lowest BCUT2D eigenvalue weighted by Gasteiger charge is -2.22. The molecule has 0 aliphatic heterocycles. The molecule has 0 radical (unpaired) electrons. The number of likely N-dealkylation sites (N-methyl/N-ethyl adjacent to an activating group) is 2. The molecule has 0 bridgehead atoms. The first kappa shape index (κ1) is 34.0. The van der Waals surface area contributed by atoms with E-state index < -0.39 is 42.5 Å². The monoisotopic (exact) mass is 559 g/mol. The van der Waals surface area contributed by atoms with Crippen LogP contribution in [-0.2, 0) is 30.3 Å². The molecular weight excluding hydrogens is 519 g/mol. The summed E-state index contributed by atoms with van der Waals surface area (Å²) in [5.41, 5.74) is 0.723. The fourth-order valence-electron chi connectivity index (χ4n) is 3.65. The Morgan fingerprint density at radius 2 is 1.72 bits per heavy atom. The summed E-state index contributed by atoms with van der Waals surface area (Å²) < 4.78 is 48.0. The zero-order valence-electron chi connectivity index (χ0n) is 23.4. The van der Waals surface area contributed by atoms with E-state index in [1.807, 2.05) is 25.9 Å². The third-order valence-corrected chi connectivity index (χ3v) is 5.71. The van der Waals surface area contributed by atoms with Gasteiger partial charge < -0.3 is 19.3 Å². The molecule has 1 heterocycles. The Hall–Kier alpha value is -3.02. The van der Waals surface area contributed by atoms with Gasteiger partial charge in [-0.2, -0.15) is 13.2 Å². The largest absolute Gasteiger partial charge is 0.463 e. The van der Waals surface area contributed by atoms with E-state index in [9.17, 15) is 32.3 Å². The minimum absolute atomic E-state index is 0.0371. The van der Waals surface area contributed by atoms with Crippen LogP contribution in [0.3, 0.4) is 0 Å². The number of halogens is 3. The van der Waals surface area contributed by atoms with Crippen LogP contribution >= 0.6 is 0 Å². The number of ether oxygens (including phenoxy) is 2. The van der Waals surface area contributed by atoms with E-state index >= 15 is 0 Å². The Morgan fingerprint density at radius 3 is 2.31 bits per heavy atom. The molecule has 9 nitrogen and oxygen atoms in total. The maximum Gasteiger partial charge on any atom is 0.449 e. The minimum Gasteiger partial charge on any atom is -0.463 e. The van der Waals surface area contributed by atoms with Crippen molar-refractivity contribution in [2.45, 2.75) is 84.1 Å². The first-order chi connectivity index (χ1) is 18.2. The lowest BCUT2D eigenvalue weighted by Crippen LogP contribution is -2.36. The van der Waals surface area contributed by atoms with E-state index in [0.29, 0.717) is 38.0 Å². The first-order valence-electron chi connectivity index (χ1n) is 13.1. The fraction of sp³-hybridized carbons (Fsp3) is 0.667. The number of amides is 1. The highest BCUT2D eigenvalue weighted by molar-refractivity contribution is 5.89. The van der Waals surface area contributed by atoms with Crippen LogP contribution in [0.2, 0.25) is 0 Å². The summed E-state index contributed by atoms with van der Waals surface area (Å²) in [6, 6.07) is 2.95. The molecule has 0 aromatic carbocycles. The minimum atomic E-state index is -4.94. The van der Waals surface area contributed by atoms with E-state index in [1.54, 1.807) is 18.7 Å². The molecule has 1 aromatic rings. The molecule has 0 aliphatic carbocycles. The number of carbonyl (C=O) groups excluding carboxylic acids is 4. The molecule has 1 rings (SSSR count). The molecule has 0 spiro atoms. The van der Waals surface area contributed by atoms with Crippen LogP contribution in [-0.4, -0.2) is 90.5 Å². The predicted octanol–water partition coefficient (Wildman–Crippen LogP) is 3.98. The summed E-state index contributed by atoms with van der Waals surface area (Å²) in [5.74, 6) is -3.29. The van der Waals surface area contributed by atoms with Crippen molar-refractivity contribution in [1.82, 2.24) is 14.8 Å². The number of esters is 2. The molecule has 0 saturated heterocycles. The van der Waals surface area contributed by atoms with Gasteiger partial charge >= 0.3 is 18.1 Å². The van der Waals surface area contributed by atoms with Gasteiger partial charge in [0.05, 0.1) is 18.1 Å². The van der Waals surface area contributed by atoms with Gasteiger partial charge in [-0.15, -0.1) is 0 Å². The number of ketones is 1. The van der Waals surface area contributed by atoms with E-state index in [0.717, 1.165) is 6.54 Å². The summed E-state index contributed by atoms with van der Waals surface area (Å²) in [7, 11) is 3.88. The van der Waals surface area contributed by atoms with Gasteiger partial charge in [-0.05, 0) is 72.7 Å². The molecule has 12 heteroatoms. The number of pyridine rings is 1. The zero-order chi connectivity index (χ0) is 29.6. The molecule has 220 valence electrons. The highest BCUT2D eigenvalue weighted by Gasteiger charge is 2.37. The van der Waals surface area contributed by atoms with Crippen molar-refractivity contribution in [1.29, 1.82) is 0 Å². The summed E-state index contributed by atoms with van der Waals surface area (Å²) >= 11 is 0. The quantitative estimate of drug-likeness (QED) is 0.264. The van der Waals surface area contributed by atoms with Crippen LogP contribution in [0.15, 0.2) is 18.3 Å². The smallest absolute Gasteiger partial charge is 0.449 e. The molecule has 1 atom stereocenters. The Kier molecular flexibility index (Phi) is 14.7. The molecule has 0 fully saturated rings. The summed E-state index contributed by atoms with van der Waals surface area (Å²) in [4.78, 5) is 56.6. The van der Waals surface area contributed by atoms with Crippen molar-refractivity contribution < 1.29 is 41.8 Å². The first-order valence-corrected chi connectivity index (χ1v) is 13.1. The van der Waals surface area contributed by atoms with E-state index in [4.69, 9.17) is 9.47 Å². The average molecular weight is 560 g/mol. The molecule has 0 N–H and O–H groups in total. The second-order valence-electron chi connectivity index (χ2n) is 9.75. The van der Waals surface area contributed by atoms with Gasteiger partial charge in [0, 0.05) is 44.4 Å². The van der Waals surface area contributed by atoms with E-state index in [-0.39, 0.29) is 30.7 Å². The Labute approximate surface area is 228 Å². The van der Waals surface area contributed by atoms with E-state index in [2.05, 4.69) is 4.98 Å². The van der Waals surface area contributed by atoms with Crippen LogP contribution in [0, 0.1) is 0 Å². The number of aryl methyl sites for hydroxylation is 1. The van der Waals surface area contributed by atoms with Crippen molar-refractivity contribution in [2.75, 3.05) is 33.7 Å². The van der Waals surface area contributed by atoms with Gasteiger partial charge in [0.1, 0.15) is 6.10 Å². The molecule has 1 amide bonds. The third-order valence-electron chi connectivity index (χ3n) is 5.71. The van der Waals surface area contributed by atoms with Crippen LogP contribution in [0.1, 0.15) is 75.3 Å². The van der Waals surface area contributed by atoms with Crippen LogP contribution in [0.4, 0.5) is 13.2 Å². The summed E-state index contributed by atoms with van der Waals surface area (Å²) in [5, 5.41) is 0. The standard InChI is InChI=1S/C27H40F3N3O6/c1-6-33(16-15-32(4)5)24(35)12-7-9-21-17-20(13-14-31-21)26(37)39-22(18-25(36)38-19(2)3)10-8-11-23(34)27(28,29)30/h13-14,17,19,22H,6-12,15-16,18H2,1-5H3. The van der Waals surface area contributed by atoms with Crippen LogP contribution in [0.25, 0.3) is 0 Å². The maximum atomic E-state index is 12.8. The average Bonchev–Trinajstić information content (AvgIpc) is 2.83. The fourth-order valence-corrected chi connectivity index (χ4v) is 3.65. The summed E-state index contributed by atoms with van der Waals surface area (Å²) in [6.07, 6.45) is -5.18. The number of rotatable bonds is 17. The molecule has 0 aliphatic rings. The SMILES string of the molecule is CCN(CCN(C)C)C(=O)CCCc1cc(C(=O)OC(CCCC(=O)C(F)(F)F)CC(=O)OC(C)C)ccn1. The van der Waals surface area contributed by atoms with Crippen molar-refractivity contribution in [2.24, 2.45) is 0 Å².